The highest BCUT2D eigenvalue weighted by Crippen LogP contribution is 2.41. The molecule has 1 aromatic heterocycles. The smallest absolute Gasteiger partial charge is 0.247 e. The normalized spacial score (nSPS) is 23.7. The zero-order chi connectivity index (χ0) is 22.2. The van der Waals surface area contributed by atoms with Crippen LogP contribution in [0, 0.1) is 12.8 Å². The Kier molecular flexibility index (Phi) is 6.05. The number of allylic oxidation sites excluding steroid dienone is 1. The van der Waals surface area contributed by atoms with E-state index in [4.69, 9.17) is 9.15 Å². The first-order valence-electron chi connectivity index (χ1n) is 12.8. The van der Waals surface area contributed by atoms with E-state index in [2.05, 4.69) is 24.8 Å². The number of ether oxygens (including phenoxy) is 1. The van der Waals surface area contributed by atoms with Gasteiger partial charge >= 0.3 is 0 Å². The number of nitrogens with zero attached hydrogens (tertiary/aromatic N) is 1. The summed E-state index contributed by atoms with van der Waals surface area (Å²) in [7, 11) is 0. The van der Waals surface area contributed by atoms with Crippen molar-refractivity contribution < 1.29 is 13.9 Å². The van der Waals surface area contributed by atoms with Gasteiger partial charge in [-0.3, -0.25) is 4.79 Å². The first-order valence-corrected chi connectivity index (χ1v) is 12.8. The van der Waals surface area contributed by atoms with Gasteiger partial charge in [0.05, 0.1) is 6.61 Å². The highest BCUT2D eigenvalue weighted by Gasteiger charge is 2.35. The van der Waals surface area contributed by atoms with E-state index in [-0.39, 0.29) is 5.91 Å². The number of amides is 1. The Morgan fingerprint density at radius 1 is 1.16 bits per heavy atom. The fraction of sp³-hybridized carbons (Fsp3) is 0.607. The summed E-state index contributed by atoms with van der Waals surface area (Å²) in [4.78, 5) is 15.6. The molecule has 0 N–H and O–H groups in total. The van der Waals surface area contributed by atoms with Crippen LogP contribution in [0.2, 0.25) is 0 Å². The largest absolute Gasteiger partial charge is 0.493 e. The molecule has 32 heavy (non-hydrogen) atoms. The number of aryl methyl sites for hydroxylation is 3. The number of likely N-dealkylation sites (tertiary alicyclic amines) is 1. The minimum absolute atomic E-state index is 0.175. The van der Waals surface area contributed by atoms with E-state index in [0.29, 0.717) is 18.6 Å². The number of fused-ring (bicyclic) bond motifs is 4. The standard InChI is InChI=1S/C28H37NO3/c1-4-31-27-19(3)28-23(21-12-6-8-14-25(21)32-28)17-22(27)18(2)16-26(30)29-15-9-11-20-10-5-7-13-24(20)29/h16-17,20,24H,4-15H2,1-3H3/b18-16+. The Hall–Kier alpha value is -2.23. The maximum atomic E-state index is 13.4. The average Bonchev–Trinajstić information content (AvgIpc) is 3.19. The molecule has 1 aromatic carbocycles. The van der Waals surface area contributed by atoms with E-state index in [1.54, 1.807) is 0 Å². The number of piperidine rings is 1. The summed E-state index contributed by atoms with van der Waals surface area (Å²) in [6.07, 6.45) is 13.8. The molecule has 0 spiro atoms. The summed E-state index contributed by atoms with van der Waals surface area (Å²) in [5.74, 6) is 2.88. The minimum atomic E-state index is 0.175. The summed E-state index contributed by atoms with van der Waals surface area (Å²) in [6, 6.07) is 2.66. The first kappa shape index (κ1) is 21.6. The second-order valence-electron chi connectivity index (χ2n) is 10.0. The number of carbonyl (C=O) groups excluding carboxylic acids is 1. The summed E-state index contributed by atoms with van der Waals surface area (Å²) in [5, 5.41) is 1.21. The van der Waals surface area contributed by atoms with Crippen molar-refractivity contribution in [3.05, 3.63) is 34.6 Å². The molecule has 2 aromatic rings. The van der Waals surface area contributed by atoms with Crippen molar-refractivity contribution >= 4 is 22.4 Å². The monoisotopic (exact) mass is 435 g/mol. The van der Waals surface area contributed by atoms with Gasteiger partial charge in [-0.1, -0.05) is 12.8 Å². The molecular formula is C28H37NO3. The van der Waals surface area contributed by atoms with E-state index < -0.39 is 0 Å². The lowest BCUT2D eigenvalue weighted by atomic mass is 9.78. The van der Waals surface area contributed by atoms with Crippen molar-refractivity contribution in [2.75, 3.05) is 13.2 Å². The second-order valence-corrected chi connectivity index (χ2v) is 10.0. The molecule has 3 aliphatic rings. The lowest BCUT2D eigenvalue weighted by Gasteiger charge is -2.43. The molecule has 2 aliphatic carbocycles. The molecular weight excluding hydrogens is 398 g/mol. The van der Waals surface area contributed by atoms with E-state index in [9.17, 15) is 4.79 Å². The average molecular weight is 436 g/mol. The van der Waals surface area contributed by atoms with Gasteiger partial charge in [-0.25, -0.2) is 0 Å². The van der Waals surface area contributed by atoms with Crippen LogP contribution in [-0.2, 0) is 17.6 Å². The Morgan fingerprint density at radius 2 is 1.94 bits per heavy atom. The topological polar surface area (TPSA) is 42.7 Å². The number of hydrogen-bond donors (Lipinski definition) is 0. The fourth-order valence-corrected chi connectivity index (χ4v) is 6.40. The molecule has 0 bridgehead atoms. The Balaban J connectivity index is 1.53. The summed E-state index contributed by atoms with van der Waals surface area (Å²) in [5.41, 5.74) is 5.41. The van der Waals surface area contributed by atoms with Crippen LogP contribution in [0.4, 0.5) is 0 Å². The van der Waals surface area contributed by atoms with E-state index in [1.807, 2.05) is 13.0 Å². The minimum Gasteiger partial charge on any atom is -0.493 e. The van der Waals surface area contributed by atoms with E-state index >= 15 is 0 Å². The number of furan rings is 1. The van der Waals surface area contributed by atoms with Crippen LogP contribution < -0.4 is 4.74 Å². The Morgan fingerprint density at radius 3 is 2.78 bits per heavy atom. The van der Waals surface area contributed by atoms with Crippen molar-refractivity contribution in [2.45, 2.75) is 91.0 Å². The van der Waals surface area contributed by atoms with Crippen molar-refractivity contribution in [3.63, 3.8) is 0 Å². The number of benzene rings is 1. The summed E-state index contributed by atoms with van der Waals surface area (Å²) >= 11 is 0. The Bertz CT molecular complexity index is 1040. The van der Waals surface area contributed by atoms with Gasteiger partial charge in [0.25, 0.3) is 0 Å². The van der Waals surface area contributed by atoms with Gasteiger partial charge in [0.2, 0.25) is 5.91 Å². The van der Waals surface area contributed by atoms with Crippen molar-refractivity contribution in [2.24, 2.45) is 5.92 Å². The highest BCUT2D eigenvalue weighted by molar-refractivity contribution is 5.98. The molecule has 2 fully saturated rings. The summed E-state index contributed by atoms with van der Waals surface area (Å²) in [6.45, 7) is 7.67. The van der Waals surface area contributed by atoms with E-state index in [1.165, 1.54) is 55.9 Å². The third-order valence-electron chi connectivity index (χ3n) is 8.01. The van der Waals surface area contributed by atoms with Gasteiger partial charge in [-0.05, 0) is 83.3 Å². The molecule has 1 saturated carbocycles. The Labute approximate surface area is 192 Å². The molecule has 1 aliphatic heterocycles. The maximum absolute atomic E-state index is 13.4. The molecule has 1 saturated heterocycles. The number of hydrogen-bond acceptors (Lipinski definition) is 3. The van der Waals surface area contributed by atoms with Crippen LogP contribution in [0.1, 0.15) is 87.7 Å². The second kappa shape index (κ2) is 8.96. The van der Waals surface area contributed by atoms with Gasteiger partial charge < -0.3 is 14.1 Å². The van der Waals surface area contributed by atoms with Crippen molar-refractivity contribution in [1.82, 2.24) is 4.90 Å². The number of carbonyl (C=O) groups is 1. The van der Waals surface area contributed by atoms with Crippen LogP contribution in [-0.4, -0.2) is 30.0 Å². The molecule has 5 rings (SSSR count). The maximum Gasteiger partial charge on any atom is 0.247 e. The first-order chi connectivity index (χ1) is 15.6. The molecule has 4 nitrogen and oxygen atoms in total. The highest BCUT2D eigenvalue weighted by atomic mass is 16.5. The number of rotatable bonds is 4. The van der Waals surface area contributed by atoms with E-state index in [0.717, 1.165) is 59.6 Å². The van der Waals surface area contributed by atoms with Gasteiger partial charge in [-0.2, -0.15) is 0 Å². The zero-order valence-electron chi connectivity index (χ0n) is 20.0. The molecule has 1 amide bonds. The van der Waals surface area contributed by atoms with Gasteiger partial charge in [0, 0.05) is 47.2 Å². The molecule has 2 atom stereocenters. The predicted octanol–water partition coefficient (Wildman–Crippen LogP) is 6.60. The SMILES string of the molecule is CCOc1c(/C(C)=C/C(=O)N2CCCC3CCCCC32)cc2c3c(oc2c1C)CCCC3. The molecule has 172 valence electrons. The van der Waals surface area contributed by atoms with Gasteiger partial charge in [0.15, 0.2) is 0 Å². The third kappa shape index (κ3) is 3.76. The van der Waals surface area contributed by atoms with Gasteiger partial charge in [0.1, 0.15) is 17.1 Å². The summed E-state index contributed by atoms with van der Waals surface area (Å²) < 4.78 is 12.4. The zero-order valence-corrected chi connectivity index (χ0v) is 20.0. The lowest BCUT2D eigenvalue weighted by molar-refractivity contribution is -0.132. The molecule has 2 heterocycles. The van der Waals surface area contributed by atoms with Crippen LogP contribution in [0.15, 0.2) is 16.6 Å². The van der Waals surface area contributed by atoms with Crippen LogP contribution >= 0.6 is 0 Å². The third-order valence-corrected chi connectivity index (χ3v) is 8.01. The van der Waals surface area contributed by atoms with Crippen LogP contribution in [0.25, 0.3) is 16.5 Å². The molecule has 4 heteroatoms. The van der Waals surface area contributed by atoms with Gasteiger partial charge in [-0.15, -0.1) is 0 Å². The fourth-order valence-electron chi connectivity index (χ4n) is 6.40. The predicted molar refractivity (Wildman–Crippen MR) is 129 cm³/mol. The van der Waals surface area contributed by atoms with Crippen molar-refractivity contribution in [3.8, 4) is 5.75 Å². The van der Waals surface area contributed by atoms with Crippen molar-refractivity contribution in [1.29, 1.82) is 0 Å². The van der Waals surface area contributed by atoms with Crippen LogP contribution in [0.3, 0.4) is 0 Å². The quantitative estimate of drug-likeness (QED) is 0.508. The van der Waals surface area contributed by atoms with Crippen LogP contribution in [0.5, 0.6) is 5.75 Å². The molecule has 2 unspecified atom stereocenters. The lowest BCUT2D eigenvalue weighted by Crippen LogP contribution is -2.49. The molecule has 0 radical (unpaired) electrons.